The Morgan fingerprint density at radius 3 is 2.48 bits per heavy atom. The van der Waals surface area contributed by atoms with Gasteiger partial charge in [-0.2, -0.15) is 13.2 Å². The monoisotopic (exact) mass is 302 g/mol. The van der Waals surface area contributed by atoms with E-state index < -0.39 is 23.8 Å². The van der Waals surface area contributed by atoms with Crippen LogP contribution in [-0.4, -0.2) is 41.0 Å². The summed E-state index contributed by atoms with van der Waals surface area (Å²) < 4.78 is 37.4. The van der Waals surface area contributed by atoms with E-state index in [1.165, 1.54) is 17.0 Å². The van der Waals surface area contributed by atoms with Gasteiger partial charge in [0.2, 0.25) is 5.91 Å². The molecule has 0 aliphatic carbocycles. The molecule has 2 rings (SSSR count). The van der Waals surface area contributed by atoms with Crippen molar-refractivity contribution in [2.24, 2.45) is 0 Å². The number of carbonyl (C=O) groups excluding carboxylic acids is 1. The fourth-order valence-corrected chi connectivity index (χ4v) is 2.13. The van der Waals surface area contributed by atoms with Crippen LogP contribution in [0, 0.1) is 0 Å². The molecule has 1 saturated heterocycles. The maximum Gasteiger partial charge on any atom is 0.416 e. The van der Waals surface area contributed by atoms with Crippen LogP contribution in [0.25, 0.3) is 0 Å². The lowest BCUT2D eigenvalue weighted by atomic mass is 10.1. The summed E-state index contributed by atoms with van der Waals surface area (Å²) >= 11 is 0. The molecule has 1 atom stereocenters. The van der Waals surface area contributed by atoms with Crippen LogP contribution in [0.2, 0.25) is 0 Å². The Morgan fingerprint density at radius 1 is 1.33 bits per heavy atom. The van der Waals surface area contributed by atoms with E-state index in [9.17, 15) is 22.8 Å². The molecular weight excluding hydrogens is 289 g/mol. The number of amides is 1. The number of alkyl halides is 3. The van der Waals surface area contributed by atoms with Crippen molar-refractivity contribution >= 4 is 11.9 Å². The Balaban J connectivity index is 2.12. The molecule has 1 fully saturated rings. The number of hydrogen-bond acceptors (Lipinski definition) is 3. The van der Waals surface area contributed by atoms with Gasteiger partial charge in [-0.05, 0) is 17.7 Å². The van der Waals surface area contributed by atoms with E-state index in [4.69, 9.17) is 5.11 Å². The molecule has 0 bridgehead atoms. The number of aliphatic carboxylic acids is 1. The molecule has 8 heteroatoms. The molecule has 1 aromatic carbocycles. The van der Waals surface area contributed by atoms with Gasteiger partial charge in [0.15, 0.2) is 0 Å². The number of carboxylic acids is 1. The molecule has 1 heterocycles. The topological polar surface area (TPSA) is 69.6 Å². The minimum Gasteiger partial charge on any atom is -0.480 e. The first-order chi connectivity index (χ1) is 9.77. The second-order valence-electron chi connectivity index (χ2n) is 4.76. The van der Waals surface area contributed by atoms with Crippen LogP contribution in [0.5, 0.6) is 0 Å². The third kappa shape index (κ3) is 3.72. The third-order valence-electron chi connectivity index (χ3n) is 3.23. The van der Waals surface area contributed by atoms with Crippen molar-refractivity contribution in [1.29, 1.82) is 0 Å². The largest absolute Gasteiger partial charge is 0.480 e. The van der Waals surface area contributed by atoms with Gasteiger partial charge in [0, 0.05) is 13.1 Å². The lowest BCUT2D eigenvalue weighted by Crippen LogP contribution is -2.56. The Labute approximate surface area is 118 Å². The summed E-state index contributed by atoms with van der Waals surface area (Å²) in [6, 6.07) is 3.57. The summed E-state index contributed by atoms with van der Waals surface area (Å²) in [5, 5.41) is 11.5. The van der Waals surface area contributed by atoms with Crippen LogP contribution in [0.3, 0.4) is 0 Å². The van der Waals surface area contributed by atoms with Gasteiger partial charge in [0.1, 0.15) is 6.04 Å². The standard InChI is InChI=1S/C13H13F3N2O3/c14-13(15,16)9-3-1-8(2-4-9)6-18-7-11(19)17-5-10(18)12(20)21/h1-4,10H,5-7H2,(H,17,19)(H,20,21). The molecule has 1 amide bonds. The normalized spacial score (nSPS) is 20.1. The summed E-state index contributed by atoms with van der Waals surface area (Å²) in [5.74, 6) is -1.39. The highest BCUT2D eigenvalue weighted by Gasteiger charge is 2.32. The lowest BCUT2D eigenvalue weighted by Gasteiger charge is -2.32. The number of carbonyl (C=O) groups is 2. The van der Waals surface area contributed by atoms with Crippen LogP contribution >= 0.6 is 0 Å². The van der Waals surface area contributed by atoms with Crippen LogP contribution in [-0.2, 0) is 22.3 Å². The second-order valence-corrected chi connectivity index (χ2v) is 4.76. The van der Waals surface area contributed by atoms with E-state index in [1.807, 2.05) is 0 Å². The van der Waals surface area contributed by atoms with Gasteiger partial charge in [-0.15, -0.1) is 0 Å². The highest BCUT2D eigenvalue weighted by molar-refractivity contribution is 5.83. The average molecular weight is 302 g/mol. The van der Waals surface area contributed by atoms with E-state index >= 15 is 0 Å². The second kappa shape index (κ2) is 5.72. The van der Waals surface area contributed by atoms with Crippen molar-refractivity contribution in [2.75, 3.05) is 13.1 Å². The predicted molar refractivity (Wildman–Crippen MR) is 66.3 cm³/mol. The van der Waals surface area contributed by atoms with Gasteiger partial charge in [-0.1, -0.05) is 12.1 Å². The molecule has 0 saturated carbocycles. The number of rotatable bonds is 3. The smallest absolute Gasteiger partial charge is 0.416 e. The van der Waals surface area contributed by atoms with Crippen molar-refractivity contribution in [2.45, 2.75) is 18.8 Å². The molecular formula is C13H13F3N2O3. The molecule has 1 aliphatic heterocycles. The number of nitrogens with zero attached hydrogens (tertiary/aromatic N) is 1. The predicted octanol–water partition coefficient (Wildman–Crippen LogP) is 1.09. The van der Waals surface area contributed by atoms with E-state index in [1.54, 1.807) is 0 Å². The highest BCUT2D eigenvalue weighted by atomic mass is 19.4. The van der Waals surface area contributed by atoms with Crippen LogP contribution in [0.15, 0.2) is 24.3 Å². The SMILES string of the molecule is O=C1CN(Cc2ccc(C(F)(F)F)cc2)C(C(=O)O)CN1. The first-order valence-corrected chi connectivity index (χ1v) is 6.17. The van der Waals surface area contributed by atoms with Crippen molar-refractivity contribution in [1.82, 2.24) is 10.2 Å². The van der Waals surface area contributed by atoms with Crippen molar-refractivity contribution < 1.29 is 27.9 Å². The average Bonchev–Trinajstić information content (AvgIpc) is 2.38. The van der Waals surface area contributed by atoms with Crippen LogP contribution in [0.1, 0.15) is 11.1 Å². The number of nitrogens with one attached hydrogen (secondary N) is 1. The Morgan fingerprint density at radius 2 is 1.95 bits per heavy atom. The zero-order valence-electron chi connectivity index (χ0n) is 10.9. The number of benzene rings is 1. The zero-order chi connectivity index (χ0) is 15.6. The minimum absolute atomic E-state index is 0.0190. The summed E-state index contributed by atoms with van der Waals surface area (Å²) in [5.41, 5.74) is -0.249. The minimum atomic E-state index is -4.41. The van der Waals surface area contributed by atoms with E-state index in [2.05, 4.69) is 5.32 Å². The van der Waals surface area contributed by atoms with Gasteiger partial charge in [-0.25, -0.2) is 0 Å². The molecule has 21 heavy (non-hydrogen) atoms. The summed E-state index contributed by atoms with van der Waals surface area (Å²) in [6.45, 7) is -0.0185. The molecule has 1 aromatic rings. The van der Waals surface area contributed by atoms with Gasteiger partial charge < -0.3 is 10.4 Å². The number of piperazine rings is 1. The van der Waals surface area contributed by atoms with Crippen LogP contribution < -0.4 is 5.32 Å². The molecule has 0 radical (unpaired) electrons. The molecule has 0 spiro atoms. The Hall–Kier alpha value is -2.09. The molecule has 0 aromatic heterocycles. The van der Waals surface area contributed by atoms with E-state index in [0.29, 0.717) is 5.56 Å². The van der Waals surface area contributed by atoms with Crippen molar-refractivity contribution in [3.05, 3.63) is 35.4 Å². The van der Waals surface area contributed by atoms with E-state index in [0.717, 1.165) is 12.1 Å². The lowest BCUT2D eigenvalue weighted by molar-refractivity contribution is -0.146. The van der Waals surface area contributed by atoms with Gasteiger partial charge in [0.25, 0.3) is 0 Å². The maximum atomic E-state index is 12.5. The molecule has 114 valence electrons. The molecule has 1 aliphatic rings. The van der Waals surface area contributed by atoms with Crippen molar-refractivity contribution in [3.8, 4) is 0 Å². The van der Waals surface area contributed by atoms with Gasteiger partial charge >= 0.3 is 12.1 Å². The quantitative estimate of drug-likeness (QED) is 0.877. The number of halogens is 3. The van der Waals surface area contributed by atoms with E-state index in [-0.39, 0.29) is 25.5 Å². The Bertz CT molecular complexity index is 543. The zero-order valence-corrected chi connectivity index (χ0v) is 10.9. The molecule has 5 nitrogen and oxygen atoms in total. The fraction of sp³-hybridized carbons (Fsp3) is 0.385. The Kier molecular flexibility index (Phi) is 4.17. The van der Waals surface area contributed by atoms with Crippen LogP contribution in [0.4, 0.5) is 13.2 Å². The number of carboxylic acid groups (broad SMARTS) is 1. The van der Waals surface area contributed by atoms with Crippen molar-refractivity contribution in [3.63, 3.8) is 0 Å². The summed E-state index contributed by atoms with van der Waals surface area (Å²) in [7, 11) is 0. The molecule has 1 unspecified atom stereocenters. The van der Waals surface area contributed by atoms with Gasteiger partial charge in [-0.3, -0.25) is 14.5 Å². The maximum absolute atomic E-state index is 12.5. The summed E-state index contributed by atoms with van der Waals surface area (Å²) in [6.07, 6.45) is -4.41. The fourth-order valence-electron chi connectivity index (χ4n) is 2.13. The first-order valence-electron chi connectivity index (χ1n) is 6.17. The molecule has 2 N–H and O–H groups in total. The first kappa shape index (κ1) is 15.3. The van der Waals surface area contributed by atoms with Gasteiger partial charge in [0.05, 0.1) is 12.1 Å². The number of hydrogen-bond donors (Lipinski definition) is 2. The summed E-state index contributed by atoms with van der Waals surface area (Å²) in [4.78, 5) is 23.8. The third-order valence-corrected chi connectivity index (χ3v) is 3.23. The highest BCUT2D eigenvalue weighted by Crippen LogP contribution is 2.29.